The summed E-state index contributed by atoms with van der Waals surface area (Å²) in [7, 11) is 0. The SMILES string of the molecule is O=C1CCN(c2ccc([N+](=O)[O-])c(F)c2F)CC1. The molecule has 1 aromatic rings. The molecule has 1 fully saturated rings. The molecule has 18 heavy (non-hydrogen) atoms. The van der Waals surface area contributed by atoms with Crippen molar-refractivity contribution in [1.29, 1.82) is 0 Å². The second-order valence-corrected chi connectivity index (χ2v) is 4.01. The lowest BCUT2D eigenvalue weighted by atomic mass is 10.1. The van der Waals surface area contributed by atoms with E-state index in [1.807, 2.05) is 0 Å². The van der Waals surface area contributed by atoms with Crippen molar-refractivity contribution >= 4 is 17.2 Å². The van der Waals surface area contributed by atoms with Crippen LogP contribution in [-0.2, 0) is 4.79 Å². The van der Waals surface area contributed by atoms with Crippen LogP contribution in [0.1, 0.15) is 12.8 Å². The largest absolute Gasteiger partial charge is 0.368 e. The molecule has 1 saturated heterocycles. The zero-order valence-electron chi connectivity index (χ0n) is 9.36. The number of carbonyl (C=O) groups excluding carboxylic acids is 1. The Balaban J connectivity index is 2.32. The average Bonchev–Trinajstić information content (AvgIpc) is 2.33. The molecule has 1 aliphatic heterocycles. The summed E-state index contributed by atoms with van der Waals surface area (Å²) >= 11 is 0. The van der Waals surface area contributed by atoms with Gasteiger partial charge in [0.2, 0.25) is 5.82 Å². The maximum Gasteiger partial charge on any atom is 0.308 e. The van der Waals surface area contributed by atoms with E-state index in [1.54, 1.807) is 0 Å². The summed E-state index contributed by atoms with van der Waals surface area (Å²) in [6.07, 6.45) is 0.552. The van der Waals surface area contributed by atoms with E-state index in [0.29, 0.717) is 13.1 Å². The van der Waals surface area contributed by atoms with Gasteiger partial charge in [-0.25, -0.2) is 4.39 Å². The summed E-state index contributed by atoms with van der Waals surface area (Å²) < 4.78 is 27.1. The quantitative estimate of drug-likeness (QED) is 0.600. The lowest BCUT2D eigenvalue weighted by Gasteiger charge is -2.28. The van der Waals surface area contributed by atoms with E-state index in [9.17, 15) is 23.7 Å². The lowest BCUT2D eigenvalue weighted by molar-refractivity contribution is -0.387. The van der Waals surface area contributed by atoms with Gasteiger partial charge in [-0.2, -0.15) is 4.39 Å². The minimum atomic E-state index is -1.46. The fraction of sp³-hybridized carbons (Fsp3) is 0.364. The van der Waals surface area contributed by atoms with Gasteiger partial charge in [-0.1, -0.05) is 0 Å². The van der Waals surface area contributed by atoms with Crippen LogP contribution in [0.5, 0.6) is 0 Å². The molecule has 0 aliphatic carbocycles. The first-order valence-electron chi connectivity index (χ1n) is 5.39. The van der Waals surface area contributed by atoms with Gasteiger partial charge in [-0.15, -0.1) is 0 Å². The van der Waals surface area contributed by atoms with Gasteiger partial charge in [-0.05, 0) is 6.07 Å². The monoisotopic (exact) mass is 256 g/mol. The van der Waals surface area contributed by atoms with Crippen molar-refractivity contribution in [3.63, 3.8) is 0 Å². The number of nitrogens with zero attached hydrogens (tertiary/aromatic N) is 2. The number of ketones is 1. The molecule has 5 nitrogen and oxygen atoms in total. The van der Waals surface area contributed by atoms with Crippen molar-refractivity contribution in [2.75, 3.05) is 18.0 Å². The maximum atomic E-state index is 13.7. The van der Waals surface area contributed by atoms with Crippen LogP contribution in [0.15, 0.2) is 12.1 Å². The molecule has 7 heteroatoms. The summed E-state index contributed by atoms with van der Waals surface area (Å²) in [6, 6.07) is 2.11. The van der Waals surface area contributed by atoms with E-state index < -0.39 is 22.2 Å². The van der Waals surface area contributed by atoms with Gasteiger partial charge in [0.05, 0.1) is 10.6 Å². The van der Waals surface area contributed by atoms with Crippen LogP contribution in [0.25, 0.3) is 0 Å². The molecule has 0 spiro atoms. The number of anilines is 1. The summed E-state index contributed by atoms with van der Waals surface area (Å²) in [5.41, 5.74) is -0.921. The van der Waals surface area contributed by atoms with Crippen LogP contribution >= 0.6 is 0 Å². The fourth-order valence-electron chi connectivity index (χ4n) is 1.91. The lowest BCUT2D eigenvalue weighted by Crippen LogP contribution is -2.34. The van der Waals surface area contributed by atoms with E-state index in [4.69, 9.17) is 0 Å². The third-order valence-corrected chi connectivity index (χ3v) is 2.90. The molecule has 0 atom stereocenters. The molecule has 0 unspecified atom stereocenters. The molecule has 1 aromatic carbocycles. The van der Waals surface area contributed by atoms with Crippen LogP contribution < -0.4 is 4.90 Å². The molecular formula is C11H10F2N2O3. The molecule has 0 aromatic heterocycles. The van der Waals surface area contributed by atoms with Crippen molar-refractivity contribution < 1.29 is 18.5 Å². The number of nitro groups is 1. The number of halogens is 2. The van der Waals surface area contributed by atoms with Gasteiger partial charge >= 0.3 is 5.69 Å². The Labute approximate surface area is 101 Å². The van der Waals surface area contributed by atoms with Crippen LogP contribution in [-0.4, -0.2) is 23.8 Å². The first-order chi connectivity index (χ1) is 8.50. The number of carbonyl (C=O) groups is 1. The summed E-state index contributed by atoms with van der Waals surface area (Å²) in [6.45, 7) is 0.597. The maximum absolute atomic E-state index is 13.7. The van der Waals surface area contributed by atoms with Gasteiger partial charge in [0.25, 0.3) is 0 Å². The predicted octanol–water partition coefficient (Wildman–Crippen LogP) is 2.04. The fourth-order valence-corrected chi connectivity index (χ4v) is 1.91. The van der Waals surface area contributed by atoms with E-state index in [-0.39, 0.29) is 24.3 Å². The van der Waals surface area contributed by atoms with E-state index in [1.165, 1.54) is 11.0 Å². The Kier molecular flexibility index (Phi) is 3.22. The number of nitro benzene ring substituents is 1. The number of hydrogen-bond acceptors (Lipinski definition) is 4. The summed E-state index contributed by atoms with van der Waals surface area (Å²) in [5.74, 6) is -2.62. The van der Waals surface area contributed by atoms with E-state index in [2.05, 4.69) is 0 Å². The molecule has 96 valence electrons. The number of benzene rings is 1. The highest BCUT2D eigenvalue weighted by Crippen LogP contribution is 2.29. The smallest absolute Gasteiger partial charge is 0.308 e. The highest BCUT2D eigenvalue weighted by molar-refractivity contribution is 5.81. The molecule has 1 heterocycles. The molecule has 0 saturated carbocycles. The Morgan fingerprint density at radius 1 is 1.17 bits per heavy atom. The van der Waals surface area contributed by atoms with Crippen molar-refractivity contribution in [2.24, 2.45) is 0 Å². The molecule has 0 radical (unpaired) electrons. The Bertz CT molecular complexity index is 509. The number of hydrogen-bond donors (Lipinski definition) is 0. The molecule has 0 amide bonds. The van der Waals surface area contributed by atoms with Crippen molar-refractivity contribution in [3.05, 3.63) is 33.9 Å². The normalized spacial score (nSPS) is 15.9. The number of Topliss-reactive ketones (excluding diaryl/α,β-unsaturated/α-hetero) is 1. The van der Waals surface area contributed by atoms with Crippen LogP contribution in [0, 0.1) is 21.7 Å². The second-order valence-electron chi connectivity index (χ2n) is 4.01. The minimum Gasteiger partial charge on any atom is -0.368 e. The second kappa shape index (κ2) is 4.67. The molecule has 1 aliphatic rings. The standard InChI is InChI=1S/C11H10F2N2O3/c12-10-8(14-5-3-7(16)4-6-14)1-2-9(11(10)13)15(17)18/h1-2H,3-6H2. The number of piperidine rings is 1. The first-order valence-corrected chi connectivity index (χ1v) is 5.39. The summed E-state index contributed by atoms with van der Waals surface area (Å²) in [4.78, 5) is 22.0. The number of rotatable bonds is 2. The van der Waals surface area contributed by atoms with Gasteiger partial charge < -0.3 is 4.90 Å². The van der Waals surface area contributed by atoms with Gasteiger partial charge in [0.1, 0.15) is 5.78 Å². The minimum absolute atomic E-state index is 0.0365. The Morgan fingerprint density at radius 3 is 2.33 bits per heavy atom. The van der Waals surface area contributed by atoms with Gasteiger partial charge in [-0.3, -0.25) is 14.9 Å². The zero-order valence-corrected chi connectivity index (χ0v) is 9.36. The van der Waals surface area contributed by atoms with Crippen molar-refractivity contribution in [3.8, 4) is 0 Å². The Hall–Kier alpha value is -2.05. The van der Waals surface area contributed by atoms with Crippen molar-refractivity contribution in [1.82, 2.24) is 0 Å². The molecule has 0 bridgehead atoms. The highest BCUT2D eigenvalue weighted by Gasteiger charge is 2.25. The van der Waals surface area contributed by atoms with Crippen LogP contribution in [0.2, 0.25) is 0 Å². The summed E-state index contributed by atoms with van der Waals surface area (Å²) in [5, 5.41) is 10.4. The van der Waals surface area contributed by atoms with Gasteiger partial charge in [0.15, 0.2) is 5.82 Å². The highest BCUT2D eigenvalue weighted by atomic mass is 19.2. The van der Waals surface area contributed by atoms with Crippen LogP contribution in [0.3, 0.4) is 0 Å². The van der Waals surface area contributed by atoms with Gasteiger partial charge in [0, 0.05) is 32.0 Å². The molecular weight excluding hydrogens is 246 g/mol. The third-order valence-electron chi connectivity index (χ3n) is 2.90. The first kappa shape index (κ1) is 12.4. The average molecular weight is 256 g/mol. The zero-order chi connectivity index (χ0) is 13.3. The van der Waals surface area contributed by atoms with E-state index >= 15 is 0 Å². The van der Waals surface area contributed by atoms with Crippen molar-refractivity contribution in [2.45, 2.75) is 12.8 Å². The molecule has 0 N–H and O–H groups in total. The molecule has 2 rings (SSSR count). The third kappa shape index (κ3) is 2.15. The Morgan fingerprint density at radius 2 is 1.78 bits per heavy atom. The van der Waals surface area contributed by atoms with E-state index in [0.717, 1.165) is 6.07 Å². The van der Waals surface area contributed by atoms with Crippen LogP contribution in [0.4, 0.5) is 20.2 Å². The topological polar surface area (TPSA) is 63.5 Å². The predicted molar refractivity (Wildman–Crippen MR) is 59.5 cm³/mol.